The fraction of sp³-hybridized carbons (Fsp3) is 0.385. The predicted molar refractivity (Wildman–Crippen MR) is 121 cm³/mol. The van der Waals surface area contributed by atoms with Crippen LogP contribution in [0.25, 0.3) is 11.1 Å². The summed E-state index contributed by atoms with van der Waals surface area (Å²) in [6.45, 7) is 0.681. The van der Waals surface area contributed by atoms with Crippen LogP contribution in [0.3, 0.4) is 0 Å². The number of benzene rings is 2. The molecule has 2 aromatic rings. The predicted octanol–water partition coefficient (Wildman–Crippen LogP) is 4.97. The van der Waals surface area contributed by atoms with E-state index >= 15 is 0 Å². The molecule has 1 unspecified atom stereocenters. The second-order valence-electron chi connectivity index (χ2n) is 8.07. The van der Waals surface area contributed by atoms with E-state index in [1.807, 2.05) is 65.6 Å². The second-order valence-corrected chi connectivity index (χ2v) is 8.07. The zero-order valence-electron chi connectivity index (χ0n) is 17.8. The Morgan fingerprint density at radius 2 is 1.77 bits per heavy atom. The largest absolute Gasteiger partial charge is 0.481 e. The molecule has 2 N–H and O–H groups in total. The number of carboxylic acids is 1. The third kappa shape index (κ3) is 6.79. The molecule has 2 aromatic carbocycles. The minimum Gasteiger partial charge on any atom is -0.481 e. The molecule has 0 bridgehead atoms. The highest BCUT2D eigenvalue weighted by atomic mass is 16.4. The van der Waals surface area contributed by atoms with Crippen molar-refractivity contribution in [2.75, 3.05) is 6.54 Å². The number of aliphatic hydroxyl groups excluding tert-OH is 1. The van der Waals surface area contributed by atoms with Crippen LogP contribution in [-0.2, 0) is 9.59 Å². The molecule has 164 valence electrons. The molecular weight excluding hydrogens is 390 g/mol. The maximum atomic E-state index is 12.3. The molecule has 5 nitrogen and oxygen atoms in total. The van der Waals surface area contributed by atoms with E-state index in [1.165, 1.54) is 0 Å². The summed E-state index contributed by atoms with van der Waals surface area (Å²) in [6.07, 6.45) is 7.86. The van der Waals surface area contributed by atoms with Gasteiger partial charge in [0.15, 0.2) is 0 Å². The number of likely N-dealkylation sites (tertiary alicyclic amines) is 1. The Hall–Kier alpha value is -2.92. The molecule has 3 rings (SSSR count). The number of carboxylic acid groups (broad SMARTS) is 1. The molecule has 0 radical (unpaired) electrons. The number of rotatable bonds is 11. The summed E-state index contributed by atoms with van der Waals surface area (Å²) in [7, 11) is 0. The Balaban J connectivity index is 1.55. The zero-order chi connectivity index (χ0) is 22.1. The third-order valence-corrected chi connectivity index (χ3v) is 5.77. The molecule has 1 saturated heterocycles. The van der Waals surface area contributed by atoms with Crippen LogP contribution in [0.5, 0.6) is 0 Å². The first-order valence-corrected chi connectivity index (χ1v) is 11.1. The summed E-state index contributed by atoms with van der Waals surface area (Å²) in [6, 6.07) is 18.0. The van der Waals surface area contributed by atoms with Crippen molar-refractivity contribution < 1.29 is 19.8 Å². The number of hydrogen-bond acceptors (Lipinski definition) is 3. The quantitative estimate of drug-likeness (QED) is 0.397. The van der Waals surface area contributed by atoms with Gasteiger partial charge in [-0.2, -0.15) is 0 Å². The summed E-state index contributed by atoms with van der Waals surface area (Å²) >= 11 is 0. The van der Waals surface area contributed by atoms with E-state index in [1.54, 1.807) is 6.08 Å². The first-order chi connectivity index (χ1) is 15.0. The van der Waals surface area contributed by atoms with Crippen LogP contribution in [0, 0.1) is 0 Å². The number of hydrogen-bond donors (Lipinski definition) is 2. The van der Waals surface area contributed by atoms with Crippen molar-refractivity contribution in [2.24, 2.45) is 0 Å². The molecule has 31 heavy (non-hydrogen) atoms. The molecule has 1 amide bonds. The van der Waals surface area contributed by atoms with Gasteiger partial charge in [0.05, 0.1) is 12.1 Å². The Labute approximate surface area is 184 Å². The van der Waals surface area contributed by atoms with Gasteiger partial charge >= 0.3 is 5.97 Å². The van der Waals surface area contributed by atoms with E-state index in [0.29, 0.717) is 19.4 Å². The van der Waals surface area contributed by atoms with Crippen molar-refractivity contribution >= 4 is 11.9 Å². The molecule has 5 heteroatoms. The fourth-order valence-corrected chi connectivity index (χ4v) is 4.04. The first-order valence-electron chi connectivity index (χ1n) is 11.1. The van der Waals surface area contributed by atoms with Crippen LogP contribution in [0.2, 0.25) is 0 Å². The SMILES string of the molecule is O=C(O)CCCCCCN1C(=O)CCC1C=C[C@@H](O)c1cccc(-c2ccccc2)c1. The van der Waals surface area contributed by atoms with Gasteiger partial charge in [0.1, 0.15) is 0 Å². The van der Waals surface area contributed by atoms with E-state index < -0.39 is 12.1 Å². The Bertz CT molecular complexity index is 893. The second kappa shape index (κ2) is 11.5. The first kappa shape index (κ1) is 22.8. The average Bonchev–Trinajstić information content (AvgIpc) is 3.14. The van der Waals surface area contributed by atoms with Gasteiger partial charge in [-0.25, -0.2) is 0 Å². The number of nitrogens with zero attached hydrogens (tertiary/aromatic N) is 1. The Kier molecular flexibility index (Phi) is 8.42. The summed E-state index contributed by atoms with van der Waals surface area (Å²) in [5.41, 5.74) is 2.99. The highest BCUT2D eigenvalue weighted by Gasteiger charge is 2.28. The highest BCUT2D eigenvalue weighted by Crippen LogP contribution is 2.26. The molecule has 0 spiro atoms. The molecular formula is C26H31NO4. The van der Waals surface area contributed by atoms with Crippen LogP contribution in [0.1, 0.15) is 56.6 Å². The summed E-state index contributed by atoms with van der Waals surface area (Å²) < 4.78 is 0. The molecule has 0 aliphatic carbocycles. The van der Waals surface area contributed by atoms with E-state index in [4.69, 9.17) is 5.11 Å². The van der Waals surface area contributed by atoms with Gasteiger partial charge in [-0.15, -0.1) is 0 Å². The summed E-state index contributed by atoms with van der Waals surface area (Å²) in [5, 5.41) is 19.4. The Morgan fingerprint density at radius 1 is 1.03 bits per heavy atom. The van der Waals surface area contributed by atoms with Crippen molar-refractivity contribution in [1.82, 2.24) is 4.90 Å². The zero-order valence-corrected chi connectivity index (χ0v) is 17.8. The van der Waals surface area contributed by atoms with Crippen LogP contribution < -0.4 is 0 Å². The molecule has 1 aliphatic heterocycles. The van der Waals surface area contributed by atoms with Crippen LogP contribution in [-0.4, -0.2) is 39.6 Å². The average molecular weight is 422 g/mol. The topological polar surface area (TPSA) is 77.8 Å². The lowest BCUT2D eigenvalue weighted by Gasteiger charge is -2.22. The van der Waals surface area contributed by atoms with Crippen molar-refractivity contribution in [3.05, 3.63) is 72.3 Å². The molecule has 2 atom stereocenters. The molecule has 0 aromatic heterocycles. The van der Waals surface area contributed by atoms with E-state index in [9.17, 15) is 14.7 Å². The number of aliphatic carboxylic acids is 1. The van der Waals surface area contributed by atoms with E-state index in [0.717, 1.165) is 42.4 Å². The lowest BCUT2D eigenvalue weighted by Crippen LogP contribution is -2.32. The maximum absolute atomic E-state index is 12.3. The molecule has 1 fully saturated rings. The molecule has 1 heterocycles. The minimum atomic E-state index is -0.757. The lowest BCUT2D eigenvalue weighted by atomic mass is 10.00. The number of carbonyl (C=O) groups is 2. The number of unbranched alkanes of at least 4 members (excludes halogenated alkanes) is 3. The lowest BCUT2D eigenvalue weighted by molar-refractivity contribution is -0.137. The van der Waals surface area contributed by atoms with E-state index in [2.05, 4.69) is 0 Å². The van der Waals surface area contributed by atoms with Gasteiger partial charge < -0.3 is 15.1 Å². The number of aliphatic hydroxyl groups is 1. The molecule has 1 aliphatic rings. The number of carbonyl (C=O) groups excluding carboxylic acids is 1. The summed E-state index contributed by atoms with van der Waals surface area (Å²) in [5.74, 6) is -0.603. The smallest absolute Gasteiger partial charge is 0.303 e. The minimum absolute atomic E-state index is 0.0125. The van der Waals surface area contributed by atoms with Gasteiger partial charge in [-0.05, 0) is 42.0 Å². The van der Waals surface area contributed by atoms with Crippen molar-refractivity contribution in [2.45, 2.75) is 57.1 Å². The third-order valence-electron chi connectivity index (χ3n) is 5.77. The van der Waals surface area contributed by atoms with E-state index in [-0.39, 0.29) is 18.4 Å². The van der Waals surface area contributed by atoms with Crippen molar-refractivity contribution in [3.63, 3.8) is 0 Å². The number of amides is 1. The van der Waals surface area contributed by atoms with Crippen LogP contribution in [0.15, 0.2) is 66.7 Å². The van der Waals surface area contributed by atoms with Gasteiger partial charge in [0, 0.05) is 19.4 Å². The highest BCUT2D eigenvalue weighted by molar-refractivity contribution is 5.79. The van der Waals surface area contributed by atoms with Gasteiger partial charge in [-0.3, -0.25) is 9.59 Å². The maximum Gasteiger partial charge on any atom is 0.303 e. The van der Waals surface area contributed by atoms with Gasteiger partial charge in [0.2, 0.25) is 5.91 Å². The molecule has 0 saturated carbocycles. The van der Waals surface area contributed by atoms with Crippen molar-refractivity contribution in [1.29, 1.82) is 0 Å². The Morgan fingerprint density at radius 3 is 2.55 bits per heavy atom. The standard InChI is InChI=1S/C26H31NO4/c28-24(22-12-8-11-21(19-22)20-9-4-3-5-10-20)16-14-23-15-17-25(29)27(23)18-7-2-1-6-13-26(30)31/h3-5,8-12,14,16,19,23-24,28H,1-2,6-7,13,15,17-18H2,(H,30,31)/t23?,24-/m1/s1. The summed E-state index contributed by atoms with van der Waals surface area (Å²) in [4.78, 5) is 24.7. The van der Waals surface area contributed by atoms with Crippen molar-refractivity contribution in [3.8, 4) is 11.1 Å². The monoisotopic (exact) mass is 421 g/mol. The van der Waals surface area contributed by atoms with Crippen LogP contribution in [0.4, 0.5) is 0 Å². The fourth-order valence-electron chi connectivity index (χ4n) is 4.04. The van der Waals surface area contributed by atoms with Crippen LogP contribution >= 0.6 is 0 Å². The van der Waals surface area contributed by atoms with Gasteiger partial charge in [-0.1, -0.05) is 73.5 Å². The van der Waals surface area contributed by atoms with Gasteiger partial charge in [0.25, 0.3) is 0 Å². The normalized spacial score (nSPS) is 17.4.